The van der Waals surface area contributed by atoms with Gasteiger partial charge in [-0.05, 0) is 29.7 Å². The van der Waals surface area contributed by atoms with E-state index in [0.717, 1.165) is 4.88 Å². The lowest BCUT2D eigenvalue weighted by Gasteiger charge is -1.93. The Hall–Kier alpha value is -1.68. The zero-order valence-electron chi connectivity index (χ0n) is 7.18. The molecule has 0 unspecified atom stereocenters. The second-order valence-corrected chi connectivity index (χ2v) is 3.55. The first-order chi connectivity index (χ1) is 6.79. The molecule has 1 aromatic carbocycles. The van der Waals surface area contributed by atoms with Crippen LogP contribution in [-0.2, 0) is 0 Å². The van der Waals surface area contributed by atoms with Crippen LogP contribution in [0, 0.1) is 0 Å². The Balaban J connectivity index is 2.73. The van der Waals surface area contributed by atoms with Crippen molar-refractivity contribution in [1.29, 1.82) is 0 Å². The van der Waals surface area contributed by atoms with Gasteiger partial charge in [0.1, 0.15) is 0 Å². The molecule has 0 aliphatic carbocycles. The van der Waals surface area contributed by atoms with Crippen LogP contribution in [0.15, 0.2) is 41.3 Å². The van der Waals surface area contributed by atoms with Crippen LogP contribution in [-0.4, -0.2) is 9.48 Å². The highest BCUT2D eigenvalue weighted by atomic mass is 32.1. The maximum absolute atomic E-state index is 11.3. The van der Waals surface area contributed by atoms with E-state index in [1.807, 2.05) is 0 Å². The Labute approximate surface area is 84.5 Å². The molecule has 14 heavy (non-hydrogen) atoms. The summed E-state index contributed by atoms with van der Waals surface area (Å²) >= 11 is 1.25. The van der Waals surface area contributed by atoms with Gasteiger partial charge in [0.2, 0.25) is 5.43 Å². The van der Waals surface area contributed by atoms with Gasteiger partial charge >= 0.3 is 0 Å². The molecule has 4 heteroatoms. The summed E-state index contributed by atoms with van der Waals surface area (Å²) in [5.41, 5.74) is 0.154. The first kappa shape index (κ1) is 8.90. The normalized spacial score (nSPS) is 10.0. The van der Waals surface area contributed by atoms with Crippen molar-refractivity contribution in [2.45, 2.75) is 0 Å². The maximum atomic E-state index is 11.3. The molecule has 2 aromatic rings. The molecule has 0 radical (unpaired) electrons. The molecular formula is C10H7NO2S. The molecule has 0 fully saturated rings. The van der Waals surface area contributed by atoms with Crippen LogP contribution in [0.1, 0.15) is 0 Å². The van der Waals surface area contributed by atoms with Crippen molar-refractivity contribution in [2.24, 2.45) is 0 Å². The third kappa shape index (κ3) is 1.52. The molecule has 0 amide bonds. The average molecular weight is 205 g/mol. The Morgan fingerprint density at radius 3 is 2.71 bits per heavy atom. The van der Waals surface area contributed by atoms with Gasteiger partial charge in [-0.3, -0.25) is 4.79 Å². The van der Waals surface area contributed by atoms with Crippen LogP contribution in [0.25, 0.3) is 10.4 Å². The van der Waals surface area contributed by atoms with Crippen molar-refractivity contribution in [1.82, 2.24) is 4.37 Å². The van der Waals surface area contributed by atoms with E-state index < -0.39 is 0 Å². The molecule has 70 valence electrons. The summed E-state index contributed by atoms with van der Waals surface area (Å²) in [5, 5.41) is 9.60. The van der Waals surface area contributed by atoms with Crippen LogP contribution in [0.5, 0.6) is 5.75 Å². The second kappa shape index (κ2) is 3.59. The van der Waals surface area contributed by atoms with Gasteiger partial charge < -0.3 is 5.11 Å². The molecular weight excluding hydrogens is 198 g/mol. The molecule has 0 aliphatic rings. The minimum absolute atomic E-state index is 0.223. The van der Waals surface area contributed by atoms with E-state index in [2.05, 4.69) is 4.37 Å². The summed E-state index contributed by atoms with van der Waals surface area (Å²) < 4.78 is 3.92. The number of hydrogen-bond acceptors (Lipinski definition) is 4. The first-order valence-corrected chi connectivity index (χ1v) is 4.80. The molecule has 2 rings (SSSR count). The monoisotopic (exact) mass is 205 g/mol. The van der Waals surface area contributed by atoms with E-state index >= 15 is 0 Å². The van der Waals surface area contributed by atoms with Gasteiger partial charge in [-0.15, -0.1) is 0 Å². The summed E-state index contributed by atoms with van der Waals surface area (Å²) in [7, 11) is 0. The number of nitrogens with zero attached hydrogens (tertiary/aromatic N) is 1. The summed E-state index contributed by atoms with van der Waals surface area (Å²) in [5.74, 6) is -0.223. The molecule has 3 nitrogen and oxygen atoms in total. The minimum Gasteiger partial charge on any atom is -0.504 e. The zero-order chi connectivity index (χ0) is 9.97. The average Bonchev–Trinajstić information content (AvgIpc) is 2.64. The molecule has 0 saturated carbocycles. The van der Waals surface area contributed by atoms with E-state index in [1.54, 1.807) is 30.5 Å². The molecule has 1 heterocycles. The van der Waals surface area contributed by atoms with Gasteiger partial charge in [-0.1, -0.05) is 12.1 Å². The molecule has 1 N–H and O–H groups in total. The first-order valence-electron chi connectivity index (χ1n) is 4.02. The van der Waals surface area contributed by atoms with E-state index in [0.29, 0.717) is 5.56 Å². The molecule has 0 spiro atoms. The smallest absolute Gasteiger partial charge is 0.220 e. The molecule has 0 aliphatic heterocycles. The van der Waals surface area contributed by atoms with E-state index in [4.69, 9.17) is 0 Å². The van der Waals surface area contributed by atoms with E-state index in [1.165, 1.54) is 17.6 Å². The van der Waals surface area contributed by atoms with Crippen molar-refractivity contribution in [3.63, 3.8) is 0 Å². The van der Waals surface area contributed by atoms with Crippen molar-refractivity contribution < 1.29 is 5.11 Å². The summed E-state index contributed by atoms with van der Waals surface area (Å²) in [6, 6.07) is 8.12. The van der Waals surface area contributed by atoms with Gasteiger partial charge in [0, 0.05) is 11.8 Å². The predicted octanol–water partition coefficient (Wildman–Crippen LogP) is 1.88. The minimum atomic E-state index is -0.376. The summed E-state index contributed by atoms with van der Waals surface area (Å²) in [6.07, 6.45) is 1.64. The SMILES string of the molecule is O=c1ccccc(-c2ccns2)c1O. The number of hydrogen-bond donors (Lipinski definition) is 1. The lowest BCUT2D eigenvalue weighted by molar-refractivity contribution is 0.473. The lowest BCUT2D eigenvalue weighted by Crippen LogP contribution is -1.93. The van der Waals surface area contributed by atoms with Crippen molar-refractivity contribution >= 4 is 11.5 Å². The highest BCUT2D eigenvalue weighted by molar-refractivity contribution is 7.09. The number of rotatable bonds is 1. The Kier molecular flexibility index (Phi) is 2.28. The quantitative estimate of drug-likeness (QED) is 0.773. The number of aromatic hydroxyl groups is 1. The van der Waals surface area contributed by atoms with Crippen molar-refractivity contribution in [3.05, 3.63) is 46.8 Å². The third-order valence-corrected chi connectivity index (χ3v) is 2.59. The molecule has 1 aromatic heterocycles. The van der Waals surface area contributed by atoms with Gasteiger partial charge in [0.15, 0.2) is 5.75 Å². The van der Waals surface area contributed by atoms with Crippen molar-refractivity contribution in [2.75, 3.05) is 0 Å². The van der Waals surface area contributed by atoms with E-state index in [-0.39, 0.29) is 11.2 Å². The number of aromatic nitrogens is 1. The van der Waals surface area contributed by atoms with Crippen molar-refractivity contribution in [3.8, 4) is 16.2 Å². The maximum Gasteiger partial charge on any atom is 0.220 e. The van der Waals surface area contributed by atoms with Gasteiger partial charge in [0.25, 0.3) is 0 Å². The van der Waals surface area contributed by atoms with Gasteiger partial charge in [-0.2, -0.15) is 0 Å². The van der Waals surface area contributed by atoms with Crippen LogP contribution in [0.3, 0.4) is 0 Å². The fraction of sp³-hybridized carbons (Fsp3) is 0. The summed E-state index contributed by atoms with van der Waals surface area (Å²) in [4.78, 5) is 12.1. The van der Waals surface area contributed by atoms with Crippen LogP contribution in [0.2, 0.25) is 0 Å². The fourth-order valence-electron chi connectivity index (χ4n) is 1.14. The highest BCUT2D eigenvalue weighted by Crippen LogP contribution is 2.27. The third-order valence-electron chi connectivity index (χ3n) is 1.81. The lowest BCUT2D eigenvalue weighted by atomic mass is 10.2. The van der Waals surface area contributed by atoms with E-state index in [9.17, 15) is 9.90 Å². The zero-order valence-corrected chi connectivity index (χ0v) is 7.99. The Bertz CT molecular complexity index is 494. The Morgan fingerprint density at radius 1 is 1.21 bits per heavy atom. The fourth-order valence-corrected chi connectivity index (χ4v) is 1.76. The second-order valence-electron chi connectivity index (χ2n) is 2.72. The molecule has 0 atom stereocenters. The van der Waals surface area contributed by atoms with Gasteiger partial charge in [-0.25, -0.2) is 4.37 Å². The van der Waals surface area contributed by atoms with Crippen LogP contribution >= 0.6 is 11.5 Å². The van der Waals surface area contributed by atoms with Crippen LogP contribution in [0.4, 0.5) is 0 Å². The Morgan fingerprint density at radius 2 is 2.00 bits per heavy atom. The molecule has 0 bridgehead atoms. The highest BCUT2D eigenvalue weighted by Gasteiger charge is 2.06. The summed E-state index contributed by atoms with van der Waals surface area (Å²) in [6.45, 7) is 0. The van der Waals surface area contributed by atoms with Crippen LogP contribution < -0.4 is 5.43 Å². The largest absolute Gasteiger partial charge is 0.504 e. The van der Waals surface area contributed by atoms with Gasteiger partial charge in [0.05, 0.1) is 4.88 Å². The topological polar surface area (TPSA) is 50.2 Å². The predicted molar refractivity (Wildman–Crippen MR) is 55.5 cm³/mol. The standard InChI is InChI=1S/C10H7NO2S/c12-8-4-2-1-3-7(10(8)13)9-5-6-11-14-9/h1-6H,(H,12,13). The molecule has 0 saturated heterocycles.